The van der Waals surface area contributed by atoms with Crippen LogP contribution in [0.1, 0.15) is 0 Å². The molecule has 7 nitrogen and oxygen atoms in total. The summed E-state index contributed by atoms with van der Waals surface area (Å²) in [6, 6.07) is 19.2. The van der Waals surface area contributed by atoms with Crippen molar-refractivity contribution in [1.82, 2.24) is 19.9 Å². The van der Waals surface area contributed by atoms with Crippen molar-refractivity contribution < 1.29 is 8.95 Å². The summed E-state index contributed by atoms with van der Waals surface area (Å²) < 4.78 is 21.4. The van der Waals surface area contributed by atoms with E-state index in [1.165, 1.54) is 6.33 Å². The Kier molecular flexibility index (Phi) is 5.73. The van der Waals surface area contributed by atoms with Gasteiger partial charge in [-0.05, 0) is 53.4 Å². The normalized spacial score (nSPS) is 11.8. The monoisotopic (exact) mass is 453 g/mol. The lowest BCUT2D eigenvalue weighted by Crippen LogP contribution is -2.06. The van der Waals surface area contributed by atoms with Crippen LogP contribution in [-0.2, 0) is 11.0 Å². The van der Waals surface area contributed by atoms with Gasteiger partial charge in [0, 0.05) is 41.3 Å². The Hall–Kier alpha value is -4.17. The molecule has 33 heavy (non-hydrogen) atoms. The van der Waals surface area contributed by atoms with E-state index in [0.717, 1.165) is 38.9 Å². The maximum absolute atomic E-state index is 12.8. The lowest BCUT2D eigenvalue weighted by molar-refractivity contribution is 0.416. The minimum atomic E-state index is -1.46. The Morgan fingerprint density at radius 3 is 2.61 bits per heavy atom. The summed E-state index contributed by atoms with van der Waals surface area (Å²) in [7, 11) is 0.187. The van der Waals surface area contributed by atoms with Crippen molar-refractivity contribution in [2.45, 2.75) is 4.90 Å². The van der Waals surface area contributed by atoms with Gasteiger partial charge in [-0.3, -0.25) is 14.7 Å². The number of nitrogens with zero attached hydrogens (tertiary/aromatic N) is 4. The van der Waals surface area contributed by atoms with Crippen molar-refractivity contribution in [2.24, 2.45) is 0 Å². The molecule has 5 aromatic rings. The van der Waals surface area contributed by atoms with Crippen LogP contribution < -0.4 is 9.46 Å². The molecule has 3 heterocycles. The Morgan fingerprint density at radius 1 is 0.879 bits per heavy atom. The van der Waals surface area contributed by atoms with E-state index in [0.29, 0.717) is 10.7 Å². The zero-order chi connectivity index (χ0) is 22.6. The fourth-order valence-corrected chi connectivity index (χ4v) is 4.45. The SMILES string of the molecule is COc1cc(-c2cccnc2)ccc1-c1nccc2cc(S(=O)Nc3ccncn3)ccc12. The predicted octanol–water partition coefficient (Wildman–Crippen LogP) is 4.90. The van der Waals surface area contributed by atoms with E-state index in [-0.39, 0.29) is 0 Å². The number of anilines is 1. The first-order valence-corrected chi connectivity index (χ1v) is 11.3. The molecule has 0 aliphatic carbocycles. The van der Waals surface area contributed by atoms with Gasteiger partial charge in [-0.15, -0.1) is 0 Å². The average molecular weight is 454 g/mol. The van der Waals surface area contributed by atoms with E-state index in [4.69, 9.17) is 4.74 Å². The molecule has 5 rings (SSSR count). The van der Waals surface area contributed by atoms with E-state index in [1.54, 1.807) is 31.8 Å². The van der Waals surface area contributed by atoms with Crippen molar-refractivity contribution >= 4 is 27.6 Å². The molecular formula is C25H19N5O2S. The highest BCUT2D eigenvalue weighted by molar-refractivity contribution is 7.86. The number of pyridine rings is 2. The highest BCUT2D eigenvalue weighted by Crippen LogP contribution is 2.36. The highest BCUT2D eigenvalue weighted by atomic mass is 32.2. The van der Waals surface area contributed by atoms with Crippen LogP contribution in [0.2, 0.25) is 0 Å². The first-order valence-electron chi connectivity index (χ1n) is 10.1. The Balaban J connectivity index is 1.52. The maximum atomic E-state index is 12.8. The van der Waals surface area contributed by atoms with Crippen LogP contribution in [0.3, 0.4) is 0 Å². The maximum Gasteiger partial charge on any atom is 0.151 e. The van der Waals surface area contributed by atoms with Crippen LogP contribution >= 0.6 is 0 Å². The Bertz CT molecular complexity index is 1450. The second-order valence-corrected chi connectivity index (χ2v) is 8.38. The van der Waals surface area contributed by atoms with E-state index < -0.39 is 11.0 Å². The largest absolute Gasteiger partial charge is 0.496 e. The van der Waals surface area contributed by atoms with E-state index in [1.807, 2.05) is 60.8 Å². The van der Waals surface area contributed by atoms with Gasteiger partial charge in [0.05, 0.1) is 17.7 Å². The Labute approximate surface area is 193 Å². The minimum absolute atomic E-state index is 0.497. The molecule has 8 heteroatoms. The highest BCUT2D eigenvalue weighted by Gasteiger charge is 2.14. The molecule has 2 aromatic carbocycles. The second kappa shape index (κ2) is 9.13. The smallest absolute Gasteiger partial charge is 0.151 e. The van der Waals surface area contributed by atoms with Gasteiger partial charge in [0.2, 0.25) is 0 Å². The fraction of sp³-hybridized carbons (Fsp3) is 0.0400. The van der Waals surface area contributed by atoms with Crippen LogP contribution in [0.15, 0.2) is 96.7 Å². The summed E-state index contributed by atoms with van der Waals surface area (Å²) in [5.41, 5.74) is 3.70. The summed E-state index contributed by atoms with van der Waals surface area (Å²) in [6.07, 6.45) is 8.32. The van der Waals surface area contributed by atoms with E-state index in [9.17, 15) is 4.21 Å². The van der Waals surface area contributed by atoms with Gasteiger partial charge in [0.15, 0.2) is 11.0 Å². The molecule has 1 unspecified atom stereocenters. The molecule has 0 aliphatic rings. The molecule has 162 valence electrons. The van der Waals surface area contributed by atoms with Crippen molar-refractivity contribution in [1.29, 1.82) is 0 Å². The summed E-state index contributed by atoms with van der Waals surface area (Å²) in [5, 5.41) is 1.86. The zero-order valence-electron chi connectivity index (χ0n) is 17.7. The molecule has 0 bridgehead atoms. The molecule has 1 N–H and O–H groups in total. The van der Waals surface area contributed by atoms with E-state index >= 15 is 0 Å². The third-order valence-corrected chi connectivity index (χ3v) is 6.26. The van der Waals surface area contributed by atoms with Gasteiger partial charge in [0.1, 0.15) is 17.9 Å². The molecule has 0 aliphatic heterocycles. The molecular weight excluding hydrogens is 434 g/mol. The fourth-order valence-electron chi connectivity index (χ4n) is 3.59. The van der Waals surface area contributed by atoms with Gasteiger partial charge < -0.3 is 4.74 Å². The molecule has 0 saturated heterocycles. The molecule has 0 amide bonds. The molecule has 0 radical (unpaired) electrons. The third-order valence-electron chi connectivity index (χ3n) is 5.18. The molecule has 1 atom stereocenters. The number of hydrogen-bond donors (Lipinski definition) is 1. The van der Waals surface area contributed by atoms with Crippen molar-refractivity contribution in [3.8, 4) is 28.1 Å². The molecule has 0 spiro atoms. The van der Waals surface area contributed by atoms with Crippen LogP contribution in [0.4, 0.5) is 5.82 Å². The van der Waals surface area contributed by atoms with Crippen molar-refractivity contribution in [2.75, 3.05) is 11.8 Å². The number of methoxy groups -OCH3 is 1. The summed E-state index contributed by atoms with van der Waals surface area (Å²) in [5.74, 6) is 1.21. The number of benzene rings is 2. The zero-order valence-corrected chi connectivity index (χ0v) is 18.5. The lowest BCUT2D eigenvalue weighted by Gasteiger charge is -2.13. The summed E-state index contributed by atoms with van der Waals surface area (Å²) >= 11 is 0. The number of hydrogen-bond acceptors (Lipinski definition) is 6. The van der Waals surface area contributed by atoms with Crippen LogP contribution in [0.25, 0.3) is 33.2 Å². The molecule has 0 saturated carbocycles. The van der Waals surface area contributed by atoms with Gasteiger partial charge in [-0.1, -0.05) is 18.2 Å². The average Bonchev–Trinajstić information content (AvgIpc) is 2.88. The topological polar surface area (TPSA) is 89.9 Å². The van der Waals surface area contributed by atoms with Crippen LogP contribution in [0, 0.1) is 0 Å². The van der Waals surface area contributed by atoms with E-state index in [2.05, 4.69) is 24.7 Å². The number of aromatic nitrogens is 4. The number of nitrogens with one attached hydrogen (secondary N) is 1. The lowest BCUT2D eigenvalue weighted by atomic mass is 9.99. The second-order valence-electron chi connectivity index (χ2n) is 7.16. The molecule has 3 aromatic heterocycles. The van der Waals surface area contributed by atoms with Crippen LogP contribution in [-0.4, -0.2) is 31.3 Å². The predicted molar refractivity (Wildman–Crippen MR) is 129 cm³/mol. The van der Waals surface area contributed by atoms with Gasteiger partial charge in [-0.25, -0.2) is 14.2 Å². The standard InChI is InChI=1S/C25H19N5O2S/c1-32-23-14-17(19-3-2-10-26-15-19)4-6-22(23)25-21-7-5-20(13-18(21)8-12-28-25)33(31)30-24-9-11-27-16-29-24/h2-16H,1H3,(H,27,29,30). The van der Waals surface area contributed by atoms with Gasteiger partial charge in [0.25, 0.3) is 0 Å². The van der Waals surface area contributed by atoms with Gasteiger partial charge >= 0.3 is 0 Å². The summed E-state index contributed by atoms with van der Waals surface area (Å²) in [4.78, 5) is 17.4. The minimum Gasteiger partial charge on any atom is -0.496 e. The first-order chi connectivity index (χ1) is 16.2. The van der Waals surface area contributed by atoms with Crippen molar-refractivity contribution in [3.63, 3.8) is 0 Å². The van der Waals surface area contributed by atoms with Crippen LogP contribution in [0.5, 0.6) is 5.75 Å². The number of rotatable bonds is 6. The summed E-state index contributed by atoms with van der Waals surface area (Å²) in [6.45, 7) is 0. The third kappa shape index (κ3) is 4.28. The molecule has 0 fully saturated rings. The number of fused-ring (bicyclic) bond motifs is 1. The quantitative estimate of drug-likeness (QED) is 0.393. The van der Waals surface area contributed by atoms with Crippen molar-refractivity contribution in [3.05, 3.63) is 91.8 Å². The number of ether oxygens (including phenoxy) is 1. The first kappa shape index (κ1) is 20.7. The van der Waals surface area contributed by atoms with Gasteiger partial charge in [-0.2, -0.15) is 0 Å². The Morgan fingerprint density at radius 2 is 1.82 bits per heavy atom.